The van der Waals surface area contributed by atoms with E-state index in [-0.39, 0.29) is 0 Å². The van der Waals surface area contributed by atoms with Crippen LogP contribution in [0.4, 0.5) is 11.6 Å². The second-order valence-corrected chi connectivity index (χ2v) is 11.2. The molecule has 2 aliphatic rings. The first kappa shape index (κ1) is 23.6. The lowest BCUT2D eigenvalue weighted by Crippen LogP contribution is -2.31. The number of nitrogens with zero attached hydrogens (tertiary/aromatic N) is 4. The van der Waals surface area contributed by atoms with Gasteiger partial charge >= 0.3 is 0 Å². The van der Waals surface area contributed by atoms with Crippen LogP contribution in [0, 0.1) is 0 Å². The number of rotatable bonds is 8. The maximum absolute atomic E-state index is 11.4. The number of hydrogen-bond donors (Lipinski definition) is 2. The van der Waals surface area contributed by atoms with Crippen LogP contribution in [0.3, 0.4) is 0 Å². The van der Waals surface area contributed by atoms with Gasteiger partial charge in [0.1, 0.15) is 18.0 Å². The van der Waals surface area contributed by atoms with Crippen LogP contribution in [0.5, 0.6) is 5.75 Å². The van der Waals surface area contributed by atoms with E-state index in [1.165, 1.54) is 35.1 Å². The Balaban J connectivity index is 1.19. The topological polar surface area (TPSA) is 109 Å². The third-order valence-electron chi connectivity index (χ3n) is 6.68. The molecule has 1 fully saturated rings. The average molecular weight is 524 g/mol. The zero-order valence-electron chi connectivity index (χ0n) is 19.7. The van der Waals surface area contributed by atoms with Crippen molar-refractivity contribution in [1.29, 1.82) is 0 Å². The van der Waals surface area contributed by atoms with Crippen molar-refractivity contribution in [3.63, 3.8) is 0 Å². The first-order valence-electron chi connectivity index (χ1n) is 12.2. The standard InChI is InChI=1S/C25H28N6O3S2/c32-36(33)31-12-8-21-17(16-31)15-22(35-21)23-20-7-9-26-24(20)29-25(28-23)27-18-3-5-19(6-4-18)34-14-13-30-10-1-2-11-30/h3-7,9,15H,1-2,8,10-14,16H2,(H,32,33)(H2,26,27,28,29)/p-1. The number of aromatic amines is 1. The van der Waals surface area contributed by atoms with Gasteiger partial charge in [0, 0.05) is 53.0 Å². The molecule has 0 bridgehead atoms. The normalized spacial score (nSPS) is 17.4. The molecule has 1 unspecified atom stereocenters. The van der Waals surface area contributed by atoms with E-state index in [0.29, 0.717) is 32.1 Å². The molecule has 2 N–H and O–H groups in total. The summed E-state index contributed by atoms with van der Waals surface area (Å²) in [6, 6.07) is 11.9. The quantitative estimate of drug-likeness (QED) is 0.335. The van der Waals surface area contributed by atoms with Crippen LogP contribution in [0.15, 0.2) is 42.6 Å². The van der Waals surface area contributed by atoms with Crippen LogP contribution in [-0.4, -0.2) is 65.7 Å². The largest absolute Gasteiger partial charge is 0.760 e. The molecule has 0 radical (unpaired) electrons. The Morgan fingerprint density at radius 2 is 1.97 bits per heavy atom. The number of likely N-dealkylation sites (tertiary alicyclic amines) is 1. The molecule has 5 heterocycles. The number of aromatic nitrogens is 3. The van der Waals surface area contributed by atoms with Gasteiger partial charge in [-0.2, -0.15) is 4.98 Å². The molecule has 2 aliphatic heterocycles. The third kappa shape index (κ3) is 5.02. The van der Waals surface area contributed by atoms with Crippen molar-refractivity contribution in [3.8, 4) is 16.3 Å². The Bertz CT molecular complexity index is 1380. The molecule has 11 heteroatoms. The molecule has 9 nitrogen and oxygen atoms in total. The highest BCUT2D eigenvalue weighted by atomic mass is 32.2. The summed E-state index contributed by atoms with van der Waals surface area (Å²) in [6.07, 6.45) is 5.15. The summed E-state index contributed by atoms with van der Waals surface area (Å²) in [4.78, 5) is 17.4. The molecule has 6 rings (SSSR count). The van der Waals surface area contributed by atoms with Gasteiger partial charge in [0.15, 0.2) is 0 Å². The number of hydrogen-bond acceptors (Lipinski definition) is 8. The maximum Gasteiger partial charge on any atom is 0.229 e. The number of H-pyrrole nitrogens is 1. The number of fused-ring (bicyclic) bond motifs is 2. The van der Waals surface area contributed by atoms with E-state index in [0.717, 1.165) is 45.1 Å². The molecular formula is C25H27N6O3S2-. The fourth-order valence-electron chi connectivity index (χ4n) is 4.80. The Kier molecular flexibility index (Phi) is 6.72. The lowest BCUT2D eigenvalue weighted by atomic mass is 10.1. The maximum atomic E-state index is 11.4. The minimum atomic E-state index is -2.21. The van der Waals surface area contributed by atoms with Crippen molar-refractivity contribution in [1.82, 2.24) is 24.2 Å². The summed E-state index contributed by atoms with van der Waals surface area (Å²) in [6.45, 7) is 4.92. The summed E-state index contributed by atoms with van der Waals surface area (Å²) < 4.78 is 30.2. The fourth-order valence-corrected chi connectivity index (χ4v) is 6.45. The van der Waals surface area contributed by atoms with E-state index in [1.807, 2.05) is 36.5 Å². The van der Waals surface area contributed by atoms with Gasteiger partial charge in [0.05, 0.1) is 10.6 Å². The van der Waals surface area contributed by atoms with Gasteiger partial charge in [0.2, 0.25) is 5.95 Å². The predicted octanol–water partition coefficient (Wildman–Crippen LogP) is 4.06. The van der Waals surface area contributed by atoms with Crippen molar-refractivity contribution in [2.24, 2.45) is 0 Å². The van der Waals surface area contributed by atoms with Gasteiger partial charge in [-0.05, 0) is 74.3 Å². The second-order valence-electron chi connectivity index (χ2n) is 9.07. The second kappa shape index (κ2) is 10.3. The molecule has 0 aliphatic carbocycles. The number of thiophene rings is 1. The zero-order valence-corrected chi connectivity index (χ0v) is 21.4. The van der Waals surface area contributed by atoms with E-state index < -0.39 is 11.3 Å². The van der Waals surface area contributed by atoms with Crippen LogP contribution >= 0.6 is 11.3 Å². The van der Waals surface area contributed by atoms with E-state index in [1.54, 1.807) is 11.3 Å². The van der Waals surface area contributed by atoms with Crippen LogP contribution < -0.4 is 10.1 Å². The lowest BCUT2D eigenvalue weighted by molar-refractivity contribution is 0.238. The monoisotopic (exact) mass is 523 g/mol. The molecule has 0 saturated carbocycles. The van der Waals surface area contributed by atoms with E-state index in [4.69, 9.17) is 9.72 Å². The fraction of sp³-hybridized carbons (Fsp3) is 0.360. The third-order valence-corrected chi connectivity index (χ3v) is 8.65. The van der Waals surface area contributed by atoms with Crippen LogP contribution in [-0.2, 0) is 24.2 Å². The first-order valence-corrected chi connectivity index (χ1v) is 14.0. The molecule has 1 saturated heterocycles. The van der Waals surface area contributed by atoms with Crippen molar-refractivity contribution in [2.45, 2.75) is 25.8 Å². The summed E-state index contributed by atoms with van der Waals surface area (Å²) in [5.41, 5.74) is 3.50. The Labute approximate surface area is 215 Å². The van der Waals surface area contributed by atoms with E-state index >= 15 is 0 Å². The highest BCUT2D eigenvalue weighted by molar-refractivity contribution is 7.76. The predicted molar refractivity (Wildman–Crippen MR) is 141 cm³/mol. The SMILES string of the molecule is O=S([O-])N1CCc2sc(-c3nc(Nc4ccc(OCCN5CCCC5)cc4)nc4[nH]ccc34)cc2C1. The Morgan fingerprint density at radius 1 is 1.14 bits per heavy atom. The minimum Gasteiger partial charge on any atom is -0.760 e. The molecule has 188 valence electrons. The summed E-state index contributed by atoms with van der Waals surface area (Å²) in [7, 11) is 0. The number of anilines is 2. The molecule has 0 amide bonds. The van der Waals surface area contributed by atoms with Crippen molar-refractivity contribution in [3.05, 3.63) is 53.0 Å². The van der Waals surface area contributed by atoms with Gasteiger partial charge in [-0.3, -0.25) is 9.11 Å². The summed E-state index contributed by atoms with van der Waals surface area (Å²) in [5, 5.41) is 4.25. The average Bonchev–Trinajstić information content (AvgIpc) is 3.65. The number of nitrogens with one attached hydrogen (secondary N) is 2. The molecule has 0 spiro atoms. The van der Waals surface area contributed by atoms with E-state index in [9.17, 15) is 8.76 Å². The zero-order chi connectivity index (χ0) is 24.5. The Hall–Kier alpha value is -2.83. The first-order chi connectivity index (χ1) is 17.6. The van der Waals surface area contributed by atoms with Crippen molar-refractivity contribution < 1.29 is 13.5 Å². The van der Waals surface area contributed by atoms with Crippen molar-refractivity contribution >= 4 is 45.3 Å². The van der Waals surface area contributed by atoms with Gasteiger partial charge < -0.3 is 19.6 Å². The molecule has 1 atom stereocenters. The van der Waals surface area contributed by atoms with Gasteiger partial charge in [0.25, 0.3) is 0 Å². The van der Waals surface area contributed by atoms with Gasteiger partial charge in [-0.15, -0.1) is 11.3 Å². The van der Waals surface area contributed by atoms with Crippen LogP contribution in [0.1, 0.15) is 23.3 Å². The van der Waals surface area contributed by atoms with Crippen LogP contribution in [0.25, 0.3) is 21.6 Å². The molecule has 36 heavy (non-hydrogen) atoms. The molecule has 3 aromatic heterocycles. The van der Waals surface area contributed by atoms with Gasteiger partial charge in [-0.25, -0.2) is 9.29 Å². The minimum absolute atomic E-state index is 0.404. The number of benzene rings is 1. The smallest absolute Gasteiger partial charge is 0.229 e. The van der Waals surface area contributed by atoms with Gasteiger partial charge in [-0.1, -0.05) is 0 Å². The van der Waals surface area contributed by atoms with Crippen molar-refractivity contribution in [2.75, 3.05) is 38.1 Å². The molecule has 4 aromatic rings. The van der Waals surface area contributed by atoms with Crippen LogP contribution in [0.2, 0.25) is 0 Å². The number of ether oxygens (including phenoxy) is 1. The highest BCUT2D eigenvalue weighted by Crippen LogP contribution is 2.37. The lowest BCUT2D eigenvalue weighted by Gasteiger charge is -2.27. The Morgan fingerprint density at radius 3 is 2.78 bits per heavy atom. The highest BCUT2D eigenvalue weighted by Gasteiger charge is 2.22. The molecule has 1 aromatic carbocycles. The summed E-state index contributed by atoms with van der Waals surface area (Å²) in [5.74, 6) is 1.34. The van der Waals surface area contributed by atoms with E-state index in [2.05, 4.69) is 26.3 Å². The summed E-state index contributed by atoms with van der Waals surface area (Å²) >= 11 is -0.531. The molecular weight excluding hydrogens is 496 g/mol.